The van der Waals surface area contributed by atoms with Gasteiger partial charge in [-0.1, -0.05) is 0 Å². The van der Waals surface area contributed by atoms with Gasteiger partial charge < -0.3 is 24.6 Å². The van der Waals surface area contributed by atoms with Crippen molar-refractivity contribution >= 4 is 23.2 Å². The van der Waals surface area contributed by atoms with Crippen LogP contribution in [0, 0.1) is 11.0 Å². The second-order valence-electron chi connectivity index (χ2n) is 5.50. The number of nitrogens with zero attached hydrogens (tertiary/aromatic N) is 2. The fourth-order valence-electron chi connectivity index (χ4n) is 2.84. The number of quaternary nitrogens is 1. The summed E-state index contributed by atoms with van der Waals surface area (Å²) in [5, 5.41) is 15.2. The van der Waals surface area contributed by atoms with Crippen LogP contribution in [0.4, 0.5) is 15.8 Å². The maximum atomic E-state index is 14.4. The predicted molar refractivity (Wildman–Crippen MR) is 75.4 cm³/mol. The van der Waals surface area contributed by atoms with Gasteiger partial charge in [-0.2, -0.15) is 0 Å². The number of halogens is 1. The molecule has 1 N–H and O–H groups in total. The Kier molecular flexibility index (Phi) is 2.84. The average Bonchev–Trinajstić information content (AvgIpc) is 2.79. The van der Waals surface area contributed by atoms with Gasteiger partial charge in [0.15, 0.2) is 25.4 Å². The van der Waals surface area contributed by atoms with Crippen LogP contribution in [0.25, 0.3) is 0 Å². The smallest absolute Gasteiger partial charge is 0.320 e. The molecule has 1 fully saturated rings. The normalized spacial score (nSPS) is 25.8. The number of carbonyl (C=O) groups is 2. The Bertz CT molecular complexity index is 765. The monoisotopic (exact) mass is 321 g/mol. The predicted octanol–water partition coefficient (Wildman–Crippen LogP) is 0.647. The minimum atomic E-state index is -0.877. The summed E-state index contributed by atoms with van der Waals surface area (Å²) < 4.78 is 23.6. The molecule has 0 bridgehead atoms. The average molecular weight is 321 g/mol. The molecule has 0 radical (unpaired) electrons. The molecule has 0 aromatic heterocycles. The van der Waals surface area contributed by atoms with Gasteiger partial charge in [0, 0.05) is 6.07 Å². The Morgan fingerprint density at radius 3 is 2.96 bits per heavy atom. The van der Waals surface area contributed by atoms with E-state index >= 15 is 0 Å². The van der Waals surface area contributed by atoms with Crippen molar-refractivity contribution in [3.8, 4) is 5.75 Å². The molecule has 1 atom stereocenters. The lowest BCUT2D eigenvalue weighted by atomic mass is 10.2. The van der Waals surface area contributed by atoms with E-state index in [0.717, 1.165) is 17.2 Å². The highest BCUT2D eigenvalue weighted by Gasteiger charge is 2.46. The fraction of sp³-hybridized carbons (Fsp3) is 0.286. The molecular formula is C14H12FN3O5. The lowest BCUT2D eigenvalue weighted by molar-refractivity contribution is -0.834. The number of carbonyl (C=O) groups excluding carboxylic acids is 2. The highest BCUT2D eigenvalue weighted by molar-refractivity contribution is 6.06. The molecule has 1 unspecified atom stereocenters. The van der Waals surface area contributed by atoms with Gasteiger partial charge in [-0.15, -0.1) is 0 Å². The van der Waals surface area contributed by atoms with Crippen LogP contribution in [0.2, 0.25) is 0 Å². The van der Waals surface area contributed by atoms with E-state index in [0.29, 0.717) is 0 Å². The molecule has 1 aromatic rings. The molecule has 23 heavy (non-hydrogen) atoms. The van der Waals surface area contributed by atoms with Crippen LogP contribution in [0.5, 0.6) is 5.75 Å². The van der Waals surface area contributed by atoms with Gasteiger partial charge in [0.05, 0.1) is 11.4 Å². The molecule has 1 aromatic carbocycles. The minimum Gasteiger partial charge on any atom is -0.626 e. The highest BCUT2D eigenvalue weighted by atomic mass is 19.1. The Hall–Kier alpha value is -2.65. The zero-order chi connectivity index (χ0) is 16.2. The van der Waals surface area contributed by atoms with Gasteiger partial charge in [0.25, 0.3) is 5.91 Å². The number of hydrogen-bond acceptors (Lipinski definition) is 5. The van der Waals surface area contributed by atoms with Crippen LogP contribution in [0.15, 0.2) is 24.1 Å². The third-order valence-electron chi connectivity index (χ3n) is 4.01. The zero-order valence-electron chi connectivity index (χ0n) is 11.9. The second kappa shape index (κ2) is 4.67. The first-order valence-corrected chi connectivity index (χ1v) is 6.96. The summed E-state index contributed by atoms with van der Waals surface area (Å²) in [6.45, 7) is -0.150. The summed E-state index contributed by atoms with van der Waals surface area (Å²) in [6.07, 6.45) is 1.14. The van der Waals surface area contributed by atoms with Gasteiger partial charge >= 0.3 is 5.91 Å². The third kappa shape index (κ3) is 2.05. The van der Waals surface area contributed by atoms with Crippen molar-refractivity contribution in [1.29, 1.82) is 0 Å². The second-order valence-corrected chi connectivity index (χ2v) is 5.50. The van der Waals surface area contributed by atoms with E-state index in [1.54, 1.807) is 0 Å². The van der Waals surface area contributed by atoms with Gasteiger partial charge in [0.1, 0.15) is 18.9 Å². The number of benzene rings is 1. The standard InChI is InChI=1S/C14H12FN3O5/c15-8-3-12-9(16-13(19)6-23-12)4-10(8)17-7-18(21)1-2-22-5-11(18)14(17)20/h3-5H,1-2,6-7H2,(H,16,19). The van der Waals surface area contributed by atoms with Crippen molar-refractivity contribution in [3.05, 3.63) is 35.1 Å². The molecule has 120 valence electrons. The quantitative estimate of drug-likeness (QED) is 0.606. The van der Waals surface area contributed by atoms with Crippen molar-refractivity contribution in [2.45, 2.75) is 0 Å². The van der Waals surface area contributed by atoms with Crippen molar-refractivity contribution in [1.82, 2.24) is 0 Å². The number of anilines is 2. The first-order chi connectivity index (χ1) is 11.0. The maximum absolute atomic E-state index is 14.4. The van der Waals surface area contributed by atoms with Gasteiger partial charge in [0.2, 0.25) is 5.70 Å². The summed E-state index contributed by atoms with van der Waals surface area (Å²) in [4.78, 5) is 24.8. The molecule has 0 spiro atoms. The molecule has 4 rings (SSSR count). The summed E-state index contributed by atoms with van der Waals surface area (Å²) in [7, 11) is 0. The molecule has 2 amide bonds. The van der Waals surface area contributed by atoms with Crippen molar-refractivity contribution < 1.29 is 28.1 Å². The number of rotatable bonds is 1. The minimum absolute atomic E-state index is 0.0614. The molecular weight excluding hydrogens is 309 g/mol. The molecule has 0 aliphatic carbocycles. The number of hydroxylamine groups is 3. The van der Waals surface area contributed by atoms with E-state index in [4.69, 9.17) is 9.47 Å². The number of ether oxygens (including phenoxy) is 2. The molecule has 3 heterocycles. The summed E-state index contributed by atoms with van der Waals surface area (Å²) in [6, 6.07) is 2.39. The van der Waals surface area contributed by atoms with E-state index in [1.165, 1.54) is 6.07 Å². The fourth-order valence-corrected chi connectivity index (χ4v) is 2.84. The van der Waals surface area contributed by atoms with Gasteiger partial charge in [-0.05, 0) is 6.07 Å². The number of fused-ring (bicyclic) bond motifs is 2. The van der Waals surface area contributed by atoms with E-state index in [1.807, 2.05) is 0 Å². The molecule has 9 heteroatoms. The Labute approximate surface area is 129 Å². The van der Waals surface area contributed by atoms with Gasteiger partial charge in [-0.25, -0.2) is 4.39 Å². The molecule has 1 saturated heterocycles. The van der Waals surface area contributed by atoms with Crippen LogP contribution in [-0.4, -0.2) is 42.9 Å². The van der Waals surface area contributed by atoms with Crippen LogP contribution in [-0.2, 0) is 14.3 Å². The highest BCUT2D eigenvalue weighted by Crippen LogP contribution is 2.39. The Morgan fingerprint density at radius 1 is 1.35 bits per heavy atom. The molecule has 0 saturated carbocycles. The number of amides is 2. The molecule has 3 aliphatic heterocycles. The summed E-state index contributed by atoms with van der Waals surface area (Å²) in [5.41, 5.74) is 0.120. The van der Waals surface area contributed by atoms with E-state index in [2.05, 4.69) is 5.32 Å². The first-order valence-electron chi connectivity index (χ1n) is 6.96. The van der Waals surface area contributed by atoms with Crippen molar-refractivity contribution in [2.75, 3.05) is 36.6 Å². The Morgan fingerprint density at radius 2 is 2.17 bits per heavy atom. The van der Waals surface area contributed by atoms with Crippen molar-refractivity contribution in [2.24, 2.45) is 0 Å². The van der Waals surface area contributed by atoms with E-state index in [9.17, 15) is 19.2 Å². The molecule has 3 aliphatic rings. The lowest BCUT2D eigenvalue weighted by Crippen LogP contribution is -2.44. The summed E-state index contributed by atoms with van der Waals surface area (Å²) in [5.74, 6) is -1.50. The zero-order valence-corrected chi connectivity index (χ0v) is 11.9. The van der Waals surface area contributed by atoms with Crippen LogP contribution >= 0.6 is 0 Å². The molecule has 8 nitrogen and oxygen atoms in total. The SMILES string of the molecule is O=C1COc2cc(F)c(N3C[N+]4([O-])CCOC=C4C3=O)cc2N1. The van der Waals surface area contributed by atoms with Crippen molar-refractivity contribution in [3.63, 3.8) is 0 Å². The van der Waals surface area contributed by atoms with Crippen LogP contribution in [0.3, 0.4) is 0 Å². The van der Waals surface area contributed by atoms with E-state index in [-0.39, 0.29) is 55.2 Å². The number of hydrogen-bond donors (Lipinski definition) is 1. The topological polar surface area (TPSA) is 90.9 Å². The lowest BCUT2D eigenvalue weighted by Gasteiger charge is -2.38. The number of nitrogens with one attached hydrogen (secondary N) is 1. The first kappa shape index (κ1) is 14.0. The largest absolute Gasteiger partial charge is 0.626 e. The van der Waals surface area contributed by atoms with Crippen LogP contribution in [0.1, 0.15) is 0 Å². The third-order valence-corrected chi connectivity index (χ3v) is 4.01. The van der Waals surface area contributed by atoms with Crippen LogP contribution < -0.4 is 15.0 Å². The maximum Gasteiger partial charge on any atom is 0.320 e. The van der Waals surface area contributed by atoms with E-state index < -0.39 is 16.4 Å². The Balaban J connectivity index is 1.75. The summed E-state index contributed by atoms with van der Waals surface area (Å²) >= 11 is 0. The van der Waals surface area contributed by atoms with Gasteiger partial charge in [-0.3, -0.25) is 14.5 Å².